The predicted molar refractivity (Wildman–Crippen MR) is 67.2 cm³/mol. The summed E-state index contributed by atoms with van der Waals surface area (Å²) in [4.78, 5) is 16.2. The zero-order valence-corrected chi connectivity index (χ0v) is 10.4. The molecule has 0 radical (unpaired) electrons. The maximum atomic E-state index is 10.9. The molecule has 5 nitrogen and oxygen atoms in total. The molecule has 90 valence electrons. The standard InChI is InChI=1S/C10H10ClN3O2S/c1-7-6-17-10(14(15)16)13(7)5-8-2-3-9(11)12-4-8/h2-4,10H,1,5-6H2. The van der Waals surface area contributed by atoms with Crippen molar-refractivity contribution in [2.75, 3.05) is 5.75 Å². The highest BCUT2D eigenvalue weighted by Gasteiger charge is 2.36. The van der Waals surface area contributed by atoms with E-state index in [4.69, 9.17) is 11.6 Å². The lowest BCUT2D eigenvalue weighted by Crippen LogP contribution is -2.32. The molecule has 7 heteroatoms. The summed E-state index contributed by atoms with van der Waals surface area (Å²) in [6.45, 7) is 4.27. The molecule has 0 N–H and O–H groups in total. The molecule has 17 heavy (non-hydrogen) atoms. The van der Waals surface area contributed by atoms with Crippen molar-refractivity contribution in [3.05, 3.63) is 51.4 Å². The van der Waals surface area contributed by atoms with Crippen molar-refractivity contribution in [2.45, 2.75) is 12.0 Å². The molecule has 1 atom stereocenters. The Morgan fingerprint density at radius 2 is 2.47 bits per heavy atom. The fourth-order valence-corrected chi connectivity index (χ4v) is 2.71. The molecule has 1 aromatic rings. The molecule has 0 spiro atoms. The number of nitro groups is 1. The van der Waals surface area contributed by atoms with Gasteiger partial charge in [0.05, 0.1) is 11.5 Å². The molecule has 2 rings (SSSR count). The maximum absolute atomic E-state index is 10.9. The number of aromatic nitrogens is 1. The van der Waals surface area contributed by atoms with Crippen LogP contribution in [0.4, 0.5) is 0 Å². The Labute approximate surface area is 108 Å². The van der Waals surface area contributed by atoms with Crippen LogP contribution in [0.5, 0.6) is 0 Å². The fraction of sp³-hybridized carbons (Fsp3) is 0.300. The fourth-order valence-electron chi connectivity index (χ4n) is 1.56. The predicted octanol–water partition coefficient (Wildman–Crippen LogP) is 2.36. The Balaban J connectivity index is 2.13. The summed E-state index contributed by atoms with van der Waals surface area (Å²) in [5, 5.41) is 11.3. The molecular weight excluding hydrogens is 262 g/mol. The lowest BCUT2D eigenvalue weighted by molar-refractivity contribution is -0.517. The quantitative estimate of drug-likeness (QED) is 0.480. The molecule has 0 amide bonds. The van der Waals surface area contributed by atoms with E-state index in [-0.39, 0.29) is 4.92 Å². The van der Waals surface area contributed by atoms with Gasteiger partial charge < -0.3 is 4.90 Å². The highest BCUT2D eigenvalue weighted by atomic mass is 35.5. The maximum Gasteiger partial charge on any atom is 0.335 e. The van der Waals surface area contributed by atoms with Crippen LogP contribution in [0, 0.1) is 10.1 Å². The van der Waals surface area contributed by atoms with E-state index in [0.29, 0.717) is 17.5 Å². The van der Waals surface area contributed by atoms with Gasteiger partial charge in [-0.2, -0.15) is 0 Å². The Morgan fingerprint density at radius 3 is 3.06 bits per heavy atom. The molecule has 0 aliphatic carbocycles. The smallest absolute Gasteiger partial charge is 0.300 e. The van der Waals surface area contributed by atoms with E-state index in [1.165, 1.54) is 11.8 Å². The van der Waals surface area contributed by atoms with E-state index in [1.807, 2.05) is 6.07 Å². The Bertz CT molecular complexity index is 451. The second-order valence-corrected chi connectivity index (χ2v) is 5.04. The molecule has 1 unspecified atom stereocenters. The Hall–Kier alpha value is -1.27. The number of hydrogen-bond donors (Lipinski definition) is 0. The van der Waals surface area contributed by atoms with Gasteiger partial charge in [0, 0.05) is 17.6 Å². The van der Waals surface area contributed by atoms with Crippen LogP contribution in [0.3, 0.4) is 0 Å². The van der Waals surface area contributed by atoms with Crippen molar-refractivity contribution in [3.63, 3.8) is 0 Å². The van der Waals surface area contributed by atoms with Crippen LogP contribution in [0.2, 0.25) is 5.15 Å². The number of thioether (sulfide) groups is 1. The first-order valence-corrected chi connectivity index (χ1v) is 6.30. The highest BCUT2D eigenvalue weighted by Crippen LogP contribution is 2.32. The van der Waals surface area contributed by atoms with Gasteiger partial charge in [-0.3, -0.25) is 10.1 Å². The second-order valence-electron chi connectivity index (χ2n) is 3.61. The van der Waals surface area contributed by atoms with Crippen molar-refractivity contribution in [1.29, 1.82) is 0 Å². The average molecular weight is 272 g/mol. The van der Waals surface area contributed by atoms with E-state index in [2.05, 4.69) is 11.6 Å². The van der Waals surface area contributed by atoms with E-state index < -0.39 is 5.50 Å². The molecule has 1 fully saturated rings. The number of nitrogens with zero attached hydrogens (tertiary/aromatic N) is 3. The van der Waals surface area contributed by atoms with Gasteiger partial charge in [-0.25, -0.2) is 4.98 Å². The first-order chi connectivity index (χ1) is 8.08. The summed E-state index contributed by atoms with van der Waals surface area (Å²) in [7, 11) is 0. The summed E-state index contributed by atoms with van der Waals surface area (Å²) < 4.78 is 0. The van der Waals surface area contributed by atoms with Crippen LogP contribution in [0.15, 0.2) is 30.6 Å². The molecule has 1 aromatic heterocycles. The number of rotatable bonds is 3. The molecule has 0 saturated carbocycles. The minimum absolute atomic E-state index is 0.299. The van der Waals surface area contributed by atoms with Crippen molar-refractivity contribution in [1.82, 2.24) is 9.88 Å². The van der Waals surface area contributed by atoms with E-state index in [1.54, 1.807) is 17.2 Å². The Morgan fingerprint density at radius 1 is 1.71 bits per heavy atom. The summed E-state index contributed by atoms with van der Waals surface area (Å²) in [5.41, 5.74) is 0.898. The van der Waals surface area contributed by atoms with Gasteiger partial charge in [-0.05, 0) is 11.6 Å². The monoisotopic (exact) mass is 271 g/mol. The lowest BCUT2D eigenvalue weighted by Gasteiger charge is -2.20. The van der Waals surface area contributed by atoms with Gasteiger partial charge >= 0.3 is 5.50 Å². The van der Waals surface area contributed by atoms with Crippen molar-refractivity contribution in [3.8, 4) is 0 Å². The van der Waals surface area contributed by atoms with Crippen LogP contribution in [-0.4, -0.2) is 26.1 Å². The van der Waals surface area contributed by atoms with Crippen LogP contribution >= 0.6 is 23.4 Å². The minimum atomic E-state index is -0.752. The van der Waals surface area contributed by atoms with Gasteiger partial charge in [0.1, 0.15) is 5.15 Å². The van der Waals surface area contributed by atoms with Gasteiger partial charge in [-0.15, -0.1) is 0 Å². The summed E-state index contributed by atoms with van der Waals surface area (Å²) >= 11 is 6.95. The number of pyridine rings is 1. The average Bonchev–Trinajstić information content (AvgIpc) is 2.64. The number of halogens is 1. The zero-order valence-electron chi connectivity index (χ0n) is 8.88. The molecule has 0 aromatic carbocycles. The van der Waals surface area contributed by atoms with Crippen LogP contribution in [0.25, 0.3) is 0 Å². The van der Waals surface area contributed by atoms with Crippen LogP contribution in [-0.2, 0) is 6.54 Å². The topological polar surface area (TPSA) is 59.3 Å². The third kappa shape index (κ3) is 2.70. The van der Waals surface area contributed by atoms with Crippen molar-refractivity contribution in [2.24, 2.45) is 0 Å². The summed E-state index contributed by atoms with van der Waals surface area (Å²) in [6, 6.07) is 3.48. The largest absolute Gasteiger partial charge is 0.335 e. The summed E-state index contributed by atoms with van der Waals surface area (Å²) in [5.74, 6) is 0.590. The first kappa shape index (κ1) is 12.2. The lowest BCUT2D eigenvalue weighted by atomic mass is 10.2. The highest BCUT2D eigenvalue weighted by molar-refractivity contribution is 8.00. The van der Waals surface area contributed by atoms with E-state index >= 15 is 0 Å². The molecule has 2 heterocycles. The number of hydrogen-bond acceptors (Lipinski definition) is 5. The summed E-state index contributed by atoms with van der Waals surface area (Å²) in [6.07, 6.45) is 1.62. The SMILES string of the molecule is C=C1CSC([N+](=O)[O-])N1Cc1ccc(Cl)nc1. The molecule has 1 aliphatic rings. The van der Waals surface area contributed by atoms with Crippen LogP contribution < -0.4 is 0 Å². The van der Waals surface area contributed by atoms with Gasteiger partial charge in [0.15, 0.2) is 0 Å². The molecule has 1 saturated heterocycles. The normalized spacial score (nSPS) is 19.7. The molecule has 0 bridgehead atoms. The van der Waals surface area contributed by atoms with E-state index in [9.17, 15) is 10.1 Å². The van der Waals surface area contributed by atoms with Crippen molar-refractivity contribution >= 4 is 23.4 Å². The molecule has 1 aliphatic heterocycles. The zero-order chi connectivity index (χ0) is 12.4. The Kier molecular flexibility index (Phi) is 3.54. The third-order valence-electron chi connectivity index (χ3n) is 2.39. The van der Waals surface area contributed by atoms with Gasteiger partial charge in [0.25, 0.3) is 0 Å². The third-order valence-corrected chi connectivity index (χ3v) is 3.84. The van der Waals surface area contributed by atoms with E-state index in [0.717, 1.165) is 11.3 Å². The minimum Gasteiger partial charge on any atom is -0.300 e. The second kappa shape index (κ2) is 4.93. The molecular formula is C10H10ClN3O2S. The van der Waals surface area contributed by atoms with Gasteiger partial charge in [0.2, 0.25) is 0 Å². The van der Waals surface area contributed by atoms with Crippen molar-refractivity contribution < 1.29 is 4.92 Å². The first-order valence-electron chi connectivity index (χ1n) is 4.88. The van der Waals surface area contributed by atoms with Crippen LogP contribution in [0.1, 0.15) is 5.56 Å². The van der Waals surface area contributed by atoms with Gasteiger partial charge in [-0.1, -0.05) is 36.0 Å².